The first-order valence-electron chi connectivity index (χ1n) is 11.7. The van der Waals surface area contributed by atoms with Crippen LogP contribution in [0.1, 0.15) is 22.3 Å². The molecule has 1 atom stereocenters. The Kier molecular flexibility index (Phi) is 7.87. The summed E-state index contributed by atoms with van der Waals surface area (Å²) in [5, 5.41) is 0. The average molecular weight is 504 g/mol. The van der Waals surface area contributed by atoms with Crippen LogP contribution in [0.25, 0.3) is 0 Å². The SMILES string of the molecule is NC(=O)C(N)(Cc1ccc(C#Cc2ccc(CN3CCOCC3)cc2)cc1)S(=O)(=O)c1ccccc1. The third kappa shape index (κ3) is 5.83. The molecule has 0 aliphatic carbocycles. The number of hydrogen-bond acceptors (Lipinski definition) is 6. The Hall–Kier alpha value is -3.48. The minimum atomic E-state index is -4.20. The predicted molar refractivity (Wildman–Crippen MR) is 138 cm³/mol. The third-order valence-corrected chi connectivity index (χ3v) is 8.38. The lowest BCUT2D eigenvalue weighted by atomic mass is 10.0. The van der Waals surface area contributed by atoms with Gasteiger partial charge < -0.3 is 16.2 Å². The quantitative estimate of drug-likeness (QED) is 0.477. The Morgan fingerprint density at radius 2 is 1.39 bits per heavy atom. The number of ether oxygens (including phenoxy) is 1. The molecule has 3 aromatic rings. The van der Waals surface area contributed by atoms with E-state index in [0.717, 1.165) is 44.0 Å². The van der Waals surface area contributed by atoms with Crippen LogP contribution in [-0.4, -0.2) is 50.4 Å². The maximum absolute atomic E-state index is 13.1. The van der Waals surface area contributed by atoms with E-state index in [2.05, 4.69) is 28.9 Å². The lowest BCUT2D eigenvalue weighted by Gasteiger charge is -2.26. The minimum absolute atomic E-state index is 0.0512. The molecule has 0 aromatic heterocycles. The molecule has 4 N–H and O–H groups in total. The molecule has 1 fully saturated rings. The van der Waals surface area contributed by atoms with Gasteiger partial charge in [0.25, 0.3) is 5.91 Å². The van der Waals surface area contributed by atoms with Crippen LogP contribution in [-0.2, 0) is 32.3 Å². The van der Waals surface area contributed by atoms with E-state index in [1.54, 1.807) is 42.5 Å². The van der Waals surface area contributed by atoms with Crippen LogP contribution in [0, 0.1) is 11.8 Å². The van der Waals surface area contributed by atoms with Crippen LogP contribution in [0.5, 0.6) is 0 Å². The van der Waals surface area contributed by atoms with E-state index in [9.17, 15) is 13.2 Å². The molecular formula is C28H29N3O4S. The number of sulfone groups is 1. The maximum atomic E-state index is 13.1. The number of nitrogens with two attached hydrogens (primary N) is 2. The molecule has 1 amide bonds. The highest BCUT2D eigenvalue weighted by atomic mass is 32.2. The average Bonchev–Trinajstić information content (AvgIpc) is 2.90. The Morgan fingerprint density at radius 1 is 0.861 bits per heavy atom. The first kappa shape index (κ1) is 25.6. The Morgan fingerprint density at radius 3 is 1.92 bits per heavy atom. The largest absolute Gasteiger partial charge is 0.379 e. The van der Waals surface area contributed by atoms with E-state index in [-0.39, 0.29) is 11.3 Å². The van der Waals surface area contributed by atoms with Gasteiger partial charge in [0.05, 0.1) is 18.1 Å². The number of rotatable bonds is 7. The Bertz CT molecular complexity index is 1360. The van der Waals surface area contributed by atoms with Crippen LogP contribution >= 0.6 is 0 Å². The van der Waals surface area contributed by atoms with Crippen molar-refractivity contribution in [3.05, 3.63) is 101 Å². The second-order valence-corrected chi connectivity index (χ2v) is 11.0. The van der Waals surface area contributed by atoms with Crippen molar-refractivity contribution in [2.24, 2.45) is 11.5 Å². The zero-order valence-corrected chi connectivity index (χ0v) is 20.7. The molecule has 1 aliphatic heterocycles. The smallest absolute Gasteiger partial charge is 0.253 e. The number of morpholine rings is 1. The number of carbonyl (C=O) groups excluding carboxylic acids is 1. The molecule has 1 saturated heterocycles. The molecule has 1 aliphatic rings. The van der Waals surface area contributed by atoms with Crippen LogP contribution in [0.4, 0.5) is 0 Å². The molecule has 0 bridgehead atoms. The topological polar surface area (TPSA) is 116 Å². The lowest BCUT2D eigenvalue weighted by Crippen LogP contribution is -2.59. The van der Waals surface area contributed by atoms with Crippen molar-refractivity contribution in [2.45, 2.75) is 22.7 Å². The van der Waals surface area contributed by atoms with Gasteiger partial charge in [-0.15, -0.1) is 0 Å². The zero-order valence-electron chi connectivity index (χ0n) is 19.9. The Labute approximate surface area is 212 Å². The van der Waals surface area contributed by atoms with Crippen molar-refractivity contribution in [1.82, 2.24) is 4.90 Å². The highest BCUT2D eigenvalue weighted by Gasteiger charge is 2.46. The number of hydrogen-bond donors (Lipinski definition) is 2. The second kappa shape index (κ2) is 11.1. The van der Waals surface area contributed by atoms with E-state index in [4.69, 9.17) is 16.2 Å². The van der Waals surface area contributed by atoms with E-state index in [1.165, 1.54) is 17.7 Å². The molecule has 8 heteroatoms. The molecule has 4 rings (SSSR count). The van der Waals surface area contributed by atoms with E-state index >= 15 is 0 Å². The number of carbonyl (C=O) groups is 1. The van der Waals surface area contributed by atoms with Gasteiger partial charge in [-0.1, -0.05) is 54.3 Å². The van der Waals surface area contributed by atoms with Gasteiger partial charge in [0.15, 0.2) is 0 Å². The highest BCUT2D eigenvalue weighted by Crippen LogP contribution is 2.25. The van der Waals surface area contributed by atoms with Gasteiger partial charge in [0.2, 0.25) is 14.7 Å². The number of primary amides is 1. The van der Waals surface area contributed by atoms with Crippen molar-refractivity contribution in [3.8, 4) is 11.8 Å². The summed E-state index contributed by atoms with van der Waals surface area (Å²) in [5.41, 5.74) is 15.0. The standard InChI is InChI=1S/C28H29N3O4S/c29-27(32)28(30,36(33,34)26-4-2-1-3-5-26)20-24-12-8-22(9-13-24)6-7-23-10-14-25(15-11-23)21-31-16-18-35-19-17-31/h1-5,8-15H,16-21,30H2,(H2,29,32). The molecular weight excluding hydrogens is 474 g/mol. The van der Waals surface area contributed by atoms with Crippen LogP contribution < -0.4 is 11.5 Å². The molecule has 3 aromatic carbocycles. The summed E-state index contributed by atoms with van der Waals surface area (Å²) in [6.45, 7) is 4.34. The fourth-order valence-electron chi connectivity index (χ4n) is 3.99. The molecule has 7 nitrogen and oxygen atoms in total. The molecule has 0 spiro atoms. The summed E-state index contributed by atoms with van der Waals surface area (Å²) in [7, 11) is -4.20. The summed E-state index contributed by atoms with van der Waals surface area (Å²) < 4.78 is 31.6. The van der Waals surface area contributed by atoms with Gasteiger partial charge in [-0.05, 0) is 47.5 Å². The summed E-state index contributed by atoms with van der Waals surface area (Å²) in [5.74, 6) is 5.15. The monoisotopic (exact) mass is 503 g/mol. The molecule has 1 unspecified atom stereocenters. The van der Waals surface area contributed by atoms with Gasteiger partial charge in [-0.25, -0.2) is 8.42 Å². The number of benzene rings is 3. The van der Waals surface area contributed by atoms with Crippen LogP contribution in [0.15, 0.2) is 83.8 Å². The maximum Gasteiger partial charge on any atom is 0.253 e. The number of nitrogens with zero attached hydrogens (tertiary/aromatic N) is 1. The summed E-state index contributed by atoms with van der Waals surface area (Å²) >= 11 is 0. The van der Waals surface area contributed by atoms with Crippen molar-refractivity contribution < 1.29 is 17.9 Å². The molecule has 36 heavy (non-hydrogen) atoms. The first-order chi connectivity index (χ1) is 17.3. The van der Waals surface area contributed by atoms with Crippen molar-refractivity contribution >= 4 is 15.7 Å². The van der Waals surface area contributed by atoms with Crippen LogP contribution in [0.3, 0.4) is 0 Å². The first-order valence-corrected chi connectivity index (χ1v) is 13.1. The second-order valence-electron chi connectivity index (χ2n) is 8.78. The highest BCUT2D eigenvalue weighted by molar-refractivity contribution is 7.93. The Balaban J connectivity index is 1.44. The lowest BCUT2D eigenvalue weighted by molar-refractivity contribution is -0.120. The van der Waals surface area contributed by atoms with E-state index in [0.29, 0.717) is 5.56 Å². The van der Waals surface area contributed by atoms with E-state index < -0.39 is 20.6 Å². The predicted octanol–water partition coefficient (Wildman–Crippen LogP) is 2.08. The van der Waals surface area contributed by atoms with Gasteiger partial charge in [0.1, 0.15) is 0 Å². The van der Waals surface area contributed by atoms with Crippen LogP contribution in [0.2, 0.25) is 0 Å². The van der Waals surface area contributed by atoms with Crippen molar-refractivity contribution in [2.75, 3.05) is 26.3 Å². The molecule has 186 valence electrons. The summed E-state index contributed by atoms with van der Waals surface area (Å²) in [6, 6.07) is 22.7. The molecule has 1 heterocycles. The number of amides is 1. The normalized spacial score (nSPS) is 15.9. The van der Waals surface area contributed by atoms with E-state index in [1.807, 2.05) is 12.1 Å². The minimum Gasteiger partial charge on any atom is -0.379 e. The van der Waals surface area contributed by atoms with Gasteiger partial charge in [-0.3, -0.25) is 9.69 Å². The summed E-state index contributed by atoms with van der Waals surface area (Å²) in [6.07, 6.45) is -0.252. The summed E-state index contributed by atoms with van der Waals surface area (Å²) in [4.78, 5) is 12.2. The molecule has 0 saturated carbocycles. The van der Waals surface area contributed by atoms with Gasteiger partial charge in [-0.2, -0.15) is 0 Å². The zero-order chi connectivity index (χ0) is 25.6. The van der Waals surface area contributed by atoms with Gasteiger partial charge in [0, 0.05) is 37.2 Å². The van der Waals surface area contributed by atoms with Crippen molar-refractivity contribution in [3.63, 3.8) is 0 Å². The fourth-order valence-corrected chi connectivity index (χ4v) is 5.55. The fraction of sp³-hybridized carbons (Fsp3) is 0.250. The van der Waals surface area contributed by atoms with Crippen molar-refractivity contribution in [1.29, 1.82) is 0 Å². The molecule has 0 radical (unpaired) electrons. The van der Waals surface area contributed by atoms with Gasteiger partial charge >= 0.3 is 0 Å². The third-order valence-electron chi connectivity index (χ3n) is 6.19.